The number of hydrogen-bond acceptors (Lipinski definition) is 6. The standard InChI is InChI=1S/C52H63BN3O3/c1-50(2,57)51(3,4)59-53-38-28-29-40-39-19-11-12-20-41(39)52(43(40)32-38)42-21-13-14-22-45(42)58-46-30-27-37(31-44(46)52)33-23-25-36(26-24-33)49-55-47(34-15-7-5-8-16-34)54-48(56-49)35-17-9-6-10-18-35/h5,7-8,13-17,21,23,25,28-29,37-39,41,44-46,57H,6,9-12,18-20,22,24,26-27,30-32H2,1-4H3. The van der Waals surface area contributed by atoms with Crippen LogP contribution in [0.3, 0.4) is 0 Å². The molecule has 8 atom stereocenters. The third-order valence-electron chi connectivity index (χ3n) is 16.1. The highest BCUT2D eigenvalue weighted by atomic mass is 16.5. The van der Waals surface area contributed by atoms with Gasteiger partial charge in [-0.05, 0) is 163 Å². The topological polar surface area (TPSA) is 77.4 Å². The molecule has 1 aromatic carbocycles. The Kier molecular flexibility index (Phi) is 10.5. The van der Waals surface area contributed by atoms with Crippen molar-refractivity contribution >= 4 is 18.6 Å². The van der Waals surface area contributed by atoms with E-state index in [0.29, 0.717) is 23.7 Å². The first-order valence-corrected chi connectivity index (χ1v) is 23.2. The van der Waals surface area contributed by atoms with Gasteiger partial charge in [-0.15, -0.1) is 0 Å². The fourth-order valence-corrected chi connectivity index (χ4v) is 12.4. The Labute approximate surface area is 353 Å². The molecule has 1 N–H and O–H groups in total. The van der Waals surface area contributed by atoms with Crippen LogP contribution >= 0.6 is 0 Å². The van der Waals surface area contributed by atoms with Crippen molar-refractivity contribution in [1.29, 1.82) is 0 Å². The molecule has 6 nitrogen and oxygen atoms in total. The average Bonchev–Trinajstić information content (AvgIpc) is 3.55. The lowest BCUT2D eigenvalue weighted by Gasteiger charge is -2.59. The largest absolute Gasteiger partial charge is 0.432 e. The predicted molar refractivity (Wildman–Crippen MR) is 238 cm³/mol. The van der Waals surface area contributed by atoms with Gasteiger partial charge in [-0.25, -0.2) is 15.0 Å². The molecule has 1 radical (unpaired) electrons. The Hall–Kier alpha value is -3.65. The molecule has 307 valence electrons. The number of nitrogens with zero attached hydrogens (tertiary/aromatic N) is 3. The minimum absolute atomic E-state index is 0.0131. The van der Waals surface area contributed by atoms with Gasteiger partial charge in [0.05, 0.1) is 23.4 Å². The van der Waals surface area contributed by atoms with E-state index >= 15 is 0 Å². The van der Waals surface area contributed by atoms with E-state index in [1.54, 1.807) is 22.3 Å². The van der Waals surface area contributed by atoms with Gasteiger partial charge in [0.25, 0.3) is 0 Å². The molecular formula is C52H63BN3O3. The van der Waals surface area contributed by atoms with E-state index in [2.05, 4.69) is 78.9 Å². The number of allylic oxidation sites excluding steroid dienone is 12. The summed E-state index contributed by atoms with van der Waals surface area (Å²) in [6, 6.07) is 10.4. The van der Waals surface area contributed by atoms with Crippen molar-refractivity contribution in [1.82, 2.24) is 15.0 Å². The molecule has 7 heteroatoms. The number of aliphatic hydroxyl groups is 1. The maximum atomic E-state index is 10.9. The molecule has 2 saturated carbocycles. The summed E-state index contributed by atoms with van der Waals surface area (Å²) in [6.07, 6.45) is 36.9. The van der Waals surface area contributed by atoms with Crippen LogP contribution in [0, 0.1) is 29.1 Å². The summed E-state index contributed by atoms with van der Waals surface area (Å²) in [5.41, 5.74) is 8.40. The van der Waals surface area contributed by atoms with Crippen LogP contribution in [-0.4, -0.2) is 51.0 Å². The molecule has 0 amide bonds. The highest BCUT2D eigenvalue weighted by molar-refractivity contribution is 6.31. The Bertz CT molecular complexity index is 2170. The van der Waals surface area contributed by atoms with Crippen LogP contribution in [-0.2, 0) is 9.39 Å². The van der Waals surface area contributed by atoms with Crippen LogP contribution in [0.25, 0.3) is 22.5 Å². The quantitative estimate of drug-likeness (QED) is 0.269. The average molecular weight is 789 g/mol. The number of fused-ring (bicyclic) bond motifs is 8. The fraction of sp³-hybridized carbons (Fsp3) is 0.558. The van der Waals surface area contributed by atoms with Crippen molar-refractivity contribution in [3.63, 3.8) is 0 Å². The van der Waals surface area contributed by atoms with Gasteiger partial charge in [0.2, 0.25) is 0 Å². The van der Waals surface area contributed by atoms with Crippen LogP contribution in [0.15, 0.2) is 101 Å². The number of ether oxygens (including phenoxy) is 1. The number of aromatic nitrogens is 3. The first-order chi connectivity index (χ1) is 28.6. The summed E-state index contributed by atoms with van der Waals surface area (Å²) in [4.78, 5) is 15.3. The minimum Gasteiger partial charge on any atom is -0.432 e. The van der Waals surface area contributed by atoms with Gasteiger partial charge in [-0.1, -0.05) is 103 Å². The maximum absolute atomic E-state index is 10.9. The van der Waals surface area contributed by atoms with Gasteiger partial charge in [0.15, 0.2) is 17.5 Å². The molecule has 59 heavy (non-hydrogen) atoms. The smallest absolute Gasteiger partial charge is 0.301 e. The second kappa shape index (κ2) is 15.7. The molecule has 7 aliphatic carbocycles. The summed E-state index contributed by atoms with van der Waals surface area (Å²) < 4.78 is 13.7. The Balaban J connectivity index is 0.978. The summed E-state index contributed by atoms with van der Waals surface area (Å²) in [7, 11) is 2.04. The SMILES string of the molecule is CC(C)(O)C(C)(C)O[B]C1C=CC2=C(C1)C1(C3=CC=CCC3OC3CCC(C4=CC=C(c5nc(C6=CCCCC6)nc(-c6ccccc6)n5)CC4)CC31)C1CCCCC21. The van der Waals surface area contributed by atoms with Crippen molar-refractivity contribution in [2.75, 3.05) is 0 Å². The van der Waals surface area contributed by atoms with Gasteiger partial charge in [-0.3, -0.25) is 0 Å². The second-order valence-corrected chi connectivity index (χ2v) is 20.0. The van der Waals surface area contributed by atoms with E-state index in [1.165, 1.54) is 62.5 Å². The lowest BCUT2D eigenvalue weighted by Crippen LogP contribution is -2.57. The van der Waals surface area contributed by atoms with E-state index in [4.69, 9.17) is 24.3 Å². The summed E-state index contributed by atoms with van der Waals surface area (Å²) in [5.74, 6) is 4.86. The molecule has 1 aromatic heterocycles. The van der Waals surface area contributed by atoms with Gasteiger partial charge >= 0.3 is 7.48 Å². The van der Waals surface area contributed by atoms with Crippen LogP contribution < -0.4 is 0 Å². The Morgan fingerprint density at radius 2 is 1.64 bits per heavy atom. The zero-order valence-corrected chi connectivity index (χ0v) is 35.8. The fourth-order valence-electron chi connectivity index (χ4n) is 12.4. The van der Waals surface area contributed by atoms with Crippen LogP contribution in [0.1, 0.15) is 136 Å². The zero-order valence-electron chi connectivity index (χ0n) is 35.8. The maximum Gasteiger partial charge on any atom is 0.301 e. The van der Waals surface area contributed by atoms with E-state index in [-0.39, 0.29) is 23.4 Å². The lowest BCUT2D eigenvalue weighted by atomic mass is 9.49. The number of hydrogen-bond donors (Lipinski definition) is 1. The molecule has 2 aromatic rings. The molecule has 1 aliphatic heterocycles. The molecule has 1 spiro atoms. The molecular weight excluding hydrogens is 725 g/mol. The molecule has 0 bridgehead atoms. The molecule has 10 rings (SSSR count). The normalized spacial score (nSPS) is 32.9. The van der Waals surface area contributed by atoms with E-state index < -0.39 is 11.2 Å². The van der Waals surface area contributed by atoms with Gasteiger partial charge in [0.1, 0.15) is 0 Å². The Morgan fingerprint density at radius 1 is 0.831 bits per heavy atom. The lowest BCUT2D eigenvalue weighted by molar-refractivity contribution is -0.136. The monoisotopic (exact) mass is 788 g/mol. The van der Waals surface area contributed by atoms with Gasteiger partial charge in [0, 0.05) is 11.0 Å². The van der Waals surface area contributed by atoms with Crippen molar-refractivity contribution in [3.8, 4) is 11.4 Å². The number of rotatable bonds is 8. The van der Waals surface area contributed by atoms with E-state index in [1.807, 2.05) is 35.2 Å². The number of benzene rings is 1. The van der Waals surface area contributed by atoms with Gasteiger partial charge in [-0.2, -0.15) is 0 Å². The first-order valence-electron chi connectivity index (χ1n) is 23.2. The third-order valence-corrected chi connectivity index (χ3v) is 16.1. The van der Waals surface area contributed by atoms with Crippen molar-refractivity contribution in [3.05, 3.63) is 113 Å². The first kappa shape index (κ1) is 39.5. The minimum atomic E-state index is -0.955. The summed E-state index contributed by atoms with van der Waals surface area (Å²) in [5, 5.41) is 10.9. The van der Waals surface area contributed by atoms with E-state index in [0.717, 1.165) is 68.0 Å². The molecule has 3 fully saturated rings. The van der Waals surface area contributed by atoms with E-state index in [9.17, 15) is 5.11 Å². The summed E-state index contributed by atoms with van der Waals surface area (Å²) >= 11 is 0. The molecule has 1 saturated heterocycles. The van der Waals surface area contributed by atoms with Crippen molar-refractivity contribution in [2.24, 2.45) is 29.1 Å². The second-order valence-electron chi connectivity index (χ2n) is 20.0. The molecule has 2 heterocycles. The molecule has 8 aliphatic rings. The summed E-state index contributed by atoms with van der Waals surface area (Å²) in [6.45, 7) is 7.69. The zero-order chi connectivity index (χ0) is 40.4. The Morgan fingerprint density at radius 3 is 2.42 bits per heavy atom. The van der Waals surface area contributed by atoms with Gasteiger partial charge < -0.3 is 14.5 Å². The van der Waals surface area contributed by atoms with Crippen LogP contribution in [0.2, 0.25) is 5.82 Å². The van der Waals surface area contributed by atoms with Crippen LogP contribution in [0.5, 0.6) is 0 Å². The van der Waals surface area contributed by atoms with Crippen LogP contribution in [0.4, 0.5) is 0 Å². The highest BCUT2D eigenvalue weighted by Crippen LogP contribution is 2.71. The van der Waals surface area contributed by atoms with Crippen molar-refractivity contribution in [2.45, 2.75) is 153 Å². The third kappa shape index (κ3) is 7.05. The highest BCUT2D eigenvalue weighted by Gasteiger charge is 2.65. The molecule has 8 unspecified atom stereocenters. The predicted octanol–water partition coefficient (Wildman–Crippen LogP) is 11.7. The van der Waals surface area contributed by atoms with Crippen molar-refractivity contribution < 1.29 is 14.5 Å².